The number of benzene rings is 1. The van der Waals surface area contributed by atoms with Crippen LogP contribution in [0.3, 0.4) is 0 Å². The van der Waals surface area contributed by atoms with E-state index in [4.69, 9.17) is 4.74 Å². The topological polar surface area (TPSA) is 73.2 Å². The normalized spacial score (nSPS) is 25.2. The molecular formula is C19H28N2O4. The van der Waals surface area contributed by atoms with Gasteiger partial charge < -0.3 is 19.8 Å². The number of methoxy groups -OCH3 is 1. The molecular weight excluding hydrogens is 320 g/mol. The molecule has 138 valence electrons. The number of ether oxygens (including phenoxy) is 1. The Balaban J connectivity index is 1.60. The van der Waals surface area contributed by atoms with E-state index in [0.29, 0.717) is 18.8 Å². The fourth-order valence-electron chi connectivity index (χ4n) is 4.02. The Morgan fingerprint density at radius 2 is 1.96 bits per heavy atom. The van der Waals surface area contributed by atoms with Crippen molar-refractivity contribution in [1.82, 2.24) is 9.80 Å². The molecule has 6 heteroatoms. The molecule has 2 heterocycles. The Labute approximate surface area is 149 Å². The van der Waals surface area contributed by atoms with Crippen molar-refractivity contribution in [1.29, 1.82) is 0 Å². The lowest BCUT2D eigenvalue weighted by Crippen LogP contribution is -2.46. The summed E-state index contributed by atoms with van der Waals surface area (Å²) < 4.78 is 5.11. The summed E-state index contributed by atoms with van der Waals surface area (Å²) in [5.41, 5.74) is 0.461. The standard InChI is InChI=1S/C19H28N2O4/c1-25-17-6-5-15(11-16(17)18(22)23)12-21-10-7-19(24,14-21)13-20-8-3-2-4-9-20/h5-6,11,24H,2-4,7-10,12-14H2,1H3,(H,22,23)/t19-/m0/s1. The third-order valence-electron chi connectivity index (χ3n) is 5.28. The Kier molecular flexibility index (Phi) is 5.61. The SMILES string of the molecule is COc1ccc(CN2CC[C@](O)(CN3CCCCC3)C2)cc1C(=O)O. The van der Waals surface area contributed by atoms with Gasteiger partial charge in [-0.05, 0) is 50.0 Å². The highest BCUT2D eigenvalue weighted by atomic mass is 16.5. The minimum atomic E-state index is -0.985. The van der Waals surface area contributed by atoms with E-state index in [0.717, 1.165) is 38.2 Å². The zero-order chi connectivity index (χ0) is 17.9. The second-order valence-corrected chi connectivity index (χ2v) is 7.36. The molecule has 0 aromatic heterocycles. The third-order valence-corrected chi connectivity index (χ3v) is 5.28. The molecule has 0 spiro atoms. The number of likely N-dealkylation sites (tertiary alicyclic amines) is 2. The van der Waals surface area contributed by atoms with Gasteiger partial charge in [0.2, 0.25) is 0 Å². The Hall–Kier alpha value is -1.63. The van der Waals surface area contributed by atoms with E-state index in [2.05, 4.69) is 9.80 Å². The van der Waals surface area contributed by atoms with E-state index in [9.17, 15) is 15.0 Å². The average Bonchev–Trinajstić information content (AvgIpc) is 2.96. The second kappa shape index (κ2) is 7.72. The van der Waals surface area contributed by atoms with Crippen LogP contribution in [0.5, 0.6) is 5.75 Å². The summed E-state index contributed by atoms with van der Waals surface area (Å²) >= 11 is 0. The fourth-order valence-corrected chi connectivity index (χ4v) is 4.02. The molecule has 1 atom stereocenters. The number of carboxylic acid groups (broad SMARTS) is 1. The molecule has 0 amide bonds. The Bertz CT molecular complexity index is 615. The molecule has 0 aliphatic carbocycles. The molecule has 0 unspecified atom stereocenters. The lowest BCUT2D eigenvalue weighted by Gasteiger charge is -2.33. The molecule has 1 aromatic carbocycles. The zero-order valence-corrected chi connectivity index (χ0v) is 14.9. The second-order valence-electron chi connectivity index (χ2n) is 7.36. The number of carbonyl (C=O) groups is 1. The van der Waals surface area contributed by atoms with Gasteiger partial charge in [0, 0.05) is 26.2 Å². The number of piperidine rings is 1. The predicted molar refractivity (Wildman–Crippen MR) is 95.1 cm³/mol. The number of carboxylic acids is 1. The van der Waals surface area contributed by atoms with Crippen LogP contribution >= 0.6 is 0 Å². The Morgan fingerprint density at radius 1 is 1.20 bits per heavy atom. The molecule has 0 radical (unpaired) electrons. The molecule has 25 heavy (non-hydrogen) atoms. The first kappa shape index (κ1) is 18.2. The van der Waals surface area contributed by atoms with Gasteiger partial charge in [0.25, 0.3) is 0 Å². The molecule has 2 aliphatic rings. The van der Waals surface area contributed by atoms with E-state index in [1.54, 1.807) is 12.1 Å². The van der Waals surface area contributed by atoms with Gasteiger partial charge in [-0.2, -0.15) is 0 Å². The molecule has 3 rings (SSSR count). The van der Waals surface area contributed by atoms with E-state index >= 15 is 0 Å². The summed E-state index contributed by atoms with van der Waals surface area (Å²) in [5.74, 6) is -0.610. The van der Waals surface area contributed by atoms with Crippen LogP contribution < -0.4 is 4.74 Å². The van der Waals surface area contributed by atoms with Gasteiger partial charge in [0.15, 0.2) is 0 Å². The monoisotopic (exact) mass is 348 g/mol. The highest BCUT2D eigenvalue weighted by Gasteiger charge is 2.37. The van der Waals surface area contributed by atoms with Crippen LogP contribution in [0.4, 0.5) is 0 Å². The lowest BCUT2D eigenvalue weighted by atomic mass is 10.0. The highest BCUT2D eigenvalue weighted by molar-refractivity contribution is 5.91. The fraction of sp³-hybridized carbons (Fsp3) is 0.632. The first-order chi connectivity index (χ1) is 12.0. The quantitative estimate of drug-likeness (QED) is 0.817. The van der Waals surface area contributed by atoms with Gasteiger partial charge >= 0.3 is 5.97 Å². The van der Waals surface area contributed by atoms with Gasteiger partial charge in [-0.3, -0.25) is 4.90 Å². The summed E-state index contributed by atoms with van der Waals surface area (Å²) in [7, 11) is 1.47. The lowest BCUT2D eigenvalue weighted by molar-refractivity contribution is 0.00633. The van der Waals surface area contributed by atoms with Gasteiger partial charge in [-0.1, -0.05) is 12.5 Å². The summed E-state index contributed by atoms with van der Waals surface area (Å²) in [4.78, 5) is 15.9. The number of hydrogen-bond donors (Lipinski definition) is 2. The third kappa shape index (κ3) is 4.51. The van der Waals surface area contributed by atoms with Gasteiger partial charge in [-0.25, -0.2) is 4.79 Å². The molecule has 2 aliphatic heterocycles. The van der Waals surface area contributed by atoms with Gasteiger partial charge in [0.05, 0.1) is 12.7 Å². The minimum absolute atomic E-state index is 0.183. The van der Waals surface area contributed by atoms with Crippen molar-refractivity contribution < 1.29 is 19.7 Å². The van der Waals surface area contributed by atoms with Crippen molar-refractivity contribution in [2.75, 3.05) is 39.8 Å². The van der Waals surface area contributed by atoms with Crippen LogP contribution in [0.1, 0.15) is 41.6 Å². The van der Waals surface area contributed by atoms with Crippen molar-refractivity contribution >= 4 is 5.97 Å². The molecule has 0 saturated carbocycles. The average molecular weight is 348 g/mol. The first-order valence-corrected chi connectivity index (χ1v) is 9.06. The smallest absolute Gasteiger partial charge is 0.339 e. The van der Waals surface area contributed by atoms with Gasteiger partial charge in [0.1, 0.15) is 11.3 Å². The van der Waals surface area contributed by atoms with Crippen LogP contribution in [-0.2, 0) is 6.54 Å². The molecule has 1 aromatic rings. The van der Waals surface area contributed by atoms with Crippen LogP contribution in [0.25, 0.3) is 0 Å². The number of aliphatic hydroxyl groups is 1. The Morgan fingerprint density at radius 3 is 2.64 bits per heavy atom. The number of β-amino-alcohol motifs (C(OH)–C–C–N with tert-alkyl or cyclic N) is 1. The van der Waals surface area contributed by atoms with Crippen LogP contribution in [0, 0.1) is 0 Å². The van der Waals surface area contributed by atoms with E-state index in [1.165, 1.54) is 26.4 Å². The zero-order valence-electron chi connectivity index (χ0n) is 14.9. The number of rotatable bonds is 6. The van der Waals surface area contributed by atoms with Crippen LogP contribution in [-0.4, -0.2) is 71.4 Å². The van der Waals surface area contributed by atoms with Crippen LogP contribution in [0.15, 0.2) is 18.2 Å². The number of hydrogen-bond acceptors (Lipinski definition) is 5. The van der Waals surface area contributed by atoms with Crippen LogP contribution in [0.2, 0.25) is 0 Å². The maximum absolute atomic E-state index is 11.4. The molecule has 6 nitrogen and oxygen atoms in total. The minimum Gasteiger partial charge on any atom is -0.496 e. The summed E-state index contributed by atoms with van der Waals surface area (Å²) in [6.45, 7) is 5.03. The van der Waals surface area contributed by atoms with E-state index in [-0.39, 0.29) is 5.56 Å². The van der Waals surface area contributed by atoms with Crippen molar-refractivity contribution in [2.24, 2.45) is 0 Å². The number of aromatic carboxylic acids is 1. The molecule has 2 N–H and O–H groups in total. The van der Waals surface area contributed by atoms with Crippen molar-refractivity contribution in [3.8, 4) is 5.75 Å². The van der Waals surface area contributed by atoms with Crippen molar-refractivity contribution in [2.45, 2.75) is 37.8 Å². The predicted octanol–water partition coefficient (Wildman–Crippen LogP) is 1.82. The summed E-state index contributed by atoms with van der Waals surface area (Å²) in [5, 5.41) is 20.2. The van der Waals surface area contributed by atoms with Crippen molar-refractivity contribution in [3.05, 3.63) is 29.3 Å². The van der Waals surface area contributed by atoms with Gasteiger partial charge in [-0.15, -0.1) is 0 Å². The largest absolute Gasteiger partial charge is 0.496 e. The maximum Gasteiger partial charge on any atom is 0.339 e. The molecule has 0 bridgehead atoms. The van der Waals surface area contributed by atoms with E-state index < -0.39 is 11.6 Å². The number of nitrogens with zero attached hydrogens (tertiary/aromatic N) is 2. The first-order valence-electron chi connectivity index (χ1n) is 9.06. The van der Waals surface area contributed by atoms with E-state index in [1.807, 2.05) is 6.07 Å². The summed E-state index contributed by atoms with van der Waals surface area (Å²) in [6, 6.07) is 5.27. The molecule has 2 fully saturated rings. The maximum atomic E-state index is 11.4. The van der Waals surface area contributed by atoms with Crippen molar-refractivity contribution in [3.63, 3.8) is 0 Å². The summed E-state index contributed by atoms with van der Waals surface area (Å²) in [6.07, 6.45) is 4.52. The highest BCUT2D eigenvalue weighted by Crippen LogP contribution is 2.27. The molecule has 2 saturated heterocycles.